The molecule has 0 amide bonds. The van der Waals surface area contributed by atoms with Gasteiger partial charge in [-0.25, -0.2) is 0 Å². The molecule has 7 N–H and O–H groups in total. The maximum Gasteiger partial charge on any atom is 0.186 e. The number of nitrogens with two attached hydrogens (primary N) is 1. The van der Waals surface area contributed by atoms with Crippen molar-refractivity contribution in [1.29, 1.82) is 0 Å². The summed E-state index contributed by atoms with van der Waals surface area (Å²) in [6.45, 7) is 2.57. The average molecular weight is 337 g/mol. The molecule has 0 aliphatic carbocycles. The van der Waals surface area contributed by atoms with Crippen LogP contribution in [-0.2, 0) is 14.2 Å². The van der Waals surface area contributed by atoms with Gasteiger partial charge in [-0.15, -0.1) is 0 Å². The van der Waals surface area contributed by atoms with E-state index in [9.17, 15) is 25.5 Å². The van der Waals surface area contributed by atoms with E-state index >= 15 is 0 Å². The van der Waals surface area contributed by atoms with Crippen LogP contribution < -0.4 is 5.73 Å². The molecule has 2 aliphatic rings. The number of aliphatic hydroxyl groups excluding tert-OH is 5. The summed E-state index contributed by atoms with van der Waals surface area (Å²) in [5, 5.41) is 49.0. The number of aliphatic hydroxyl groups is 5. The zero-order chi connectivity index (χ0) is 17.3. The highest BCUT2D eigenvalue weighted by Gasteiger charge is 2.48. The lowest BCUT2D eigenvalue weighted by Crippen LogP contribution is -2.65. The molecule has 2 saturated heterocycles. The highest BCUT2D eigenvalue weighted by molar-refractivity contribution is 4.96. The molecule has 2 heterocycles. The molecule has 2 fully saturated rings. The Kier molecular flexibility index (Phi) is 6.34. The van der Waals surface area contributed by atoms with Crippen LogP contribution in [0.1, 0.15) is 13.8 Å². The van der Waals surface area contributed by atoms with E-state index in [1.807, 2.05) is 0 Å². The fourth-order valence-corrected chi connectivity index (χ4v) is 3.02. The number of hydrogen-bond donors (Lipinski definition) is 6. The van der Waals surface area contributed by atoms with Gasteiger partial charge in [0, 0.05) is 5.92 Å². The molecule has 9 nitrogen and oxygen atoms in total. The molecular weight excluding hydrogens is 310 g/mol. The summed E-state index contributed by atoms with van der Waals surface area (Å²) in [6, 6.07) is -0.715. The van der Waals surface area contributed by atoms with Gasteiger partial charge in [-0.1, -0.05) is 6.92 Å². The fourth-order valence-electron chi connectivity index (χ4n) is 3.02. The molecule has 2 aliphatic heterocycles. The van der Waals surface area contributed by atoms with Crippen LogP contribution in [-0.4, -0.2) is 93.8 Å². The third kappa shape index (κ3) is 3.68. The summed E-state index contributed by atoms with van der Waals surface area (Å²) in [6.07, 6.45) is -8.00. The lowest BCUT2D eigenvalue weighted by Gasteiger charge is -2.46. The molecule has 0 aromatic carbocycles. The Bertz CT molecular complexity index is 384. The Hall–Kier alpha value is -0.360. The quantitative estimate of drug-likeness (QED) is 0.313. The third-order valence-electron chi connectivity index (χ3n) is 4.74. The molecule has 136 valence electrons. The van der Waals surface area contributed by atoms with Crippen molar-refractivity contribution in [3.05, 3.63) is 0 Å². The molecule has 10 atom stereocenters. The molecule has 0 aromatic heterocycles. The Morgan fingerprint density at radius 3 is 2.09 bits per heavy atom. The Balaban J connectivity index is 2.11. The molecule has 2 rings (SSSR count). The van der Waals surface area contributed by atoms with Crippen LogP contribution in [0.5, 0.6) is 0 Å². The third-order valence-corrected chi connectivity index (χ3v) is 4.74. The van der Waals surface area contributed by atoms with Crippen LogP contribution in [0.15, 0.2) is 0 Å². The van der Waals surface area contributed by atoms with Crippen molar-refractivity contribution in [1.82, 2.24) is 0 Å². The molecule has 0 aromatic rings. The number of hydrogen-bond acceptors (Lipinski definition) is 9. The smallest absolute Gasteiger partial charge is 0.186 e. The summed E-state index contributed by atoms with van der Waals surface area (Å²) >= 11 is 0. The highest BCUT2D eigenvalue weighted by atomic mass is 16.7. The minimum Gasteiger partial charge on any atom is -0.394 e. The normalized spacial score (nSPS) is 51.7. The topological polar surface area (TPSA) is 155 Å². The maximum absolute atomic E-state index is 10.2. The summed E-state index contributed by atoms with van der Waals surface area (Å²) in [5.74, 6) is -0.479. The molecule has 0 saturated carbocycles. The minimum atomic E-state index is -1.35. The first-order chi connectivity index (χ1) is 10.8. The van der Waals surface area contributed by atoms with E-state index < -0.39 is 67.6 Å². The van der Waals surface area contributed by atoms with Crippen LogP contribution in [0, 0.1) is 5.92 Å². The second kappa shape index (κ2) is 7.68. The van der Waals surface area contributed by atoms with E-state index in [1.54, 1.807) is 13.8 Å². The zero-order valence-electron chi connectivity index (χ0n) is 13.2. The van der Waals surface area contributed by atoms with Crippen LogP contribution in [0.3, 0.4) is 0 Å². The van der Waals surface area contributed by atoms with Gasteiger partial charge in [-0.05, 0) is 6.92 Å². The lowest BCUT2D eigenvalue weighted by molar-refractivity contribution is -0.322. The van der Waals surface area contributed by atoms with Crippen molar-refractivity contribution >= 4 is 0 Å². The van der Waals surface area contributed by atoms with E-state index in [4.69, 9.17) is 19.9 Å². The largest absolute Gasteiger partial charge is 0.394 e. The van der Waals surface area contributed by atoms with Crippen molar-refractivity contribution in [2.45, 2.75) is 68.9 Å². The van der Waals surface area contributed by atoms with Crippen LogP contribution in [0.2, 0.25) is 0 Å². The summed E-state index contributed by atoms with van der Waals surface area (Å²) in [7, 11) is 0. The van der Waals surface area contributed by atoms with E-state index in [2.05, 4.69) is 0 Å². The molecule has 23 heavy (non-hydrogen) atoms. The standard InChI is InChI=1S/C14H27NO8/c1-5-7(3-16)22-14(12(20)10(5)18)23-13-9(15)6(2)21-8(4-17)11(13)19/h5-14,16-20H,3-4,15H2,1-2H3. The molecular formula is C14H27NO8. The van der Waals surface area contributed by atoms with Crippen molar-refractivity contribution in [3.8, 4) is 0 Å². The first kappa shape index (κ1) is 19.0. The summed E-state index contributed by atoms with van der Waals surface area (Å²) in [5.41, 5.74) is 5.98. The van der Waals surface area contributed by atoms with Gasteiger partial charge >= 0.3 is 0 Å². The predicted octanol–water partition coefficient (Wildman–Crippen LogP) is -3.09. The van der Waals surface area contributed by atoms with E-state index in [0.717, 1.165) is 0 Å². The minimum absolute atomic E-state index is 0.344. The van der Waals surface area contributed by atoms with Crippen molar-refractivity contribution in [2.24, 2.45) is 11.7 Å². The zero-order valence-corrected chi connectivity index (χ0v) is 13.2. The lowest BCUT2D eigenvalue weighted by atomic mass is 9.90. The molecule has 0 bridgehead atoms. The molecule has 9 heteroatoms. The van der Waals surface area contributed by atoms with Crippen LogP contribution in [0.4, 0.5) is 0 Å². The Labute approximate surface area is 134 Å². The predicted molar refractivity (Wildman–Crippen MR) is 77.2 cm³/mol. The maximum atomic E-state index is 10.2. The van der Waals surface area contributed by atoms with E-state index in [1.165, 1.54) is 0 Å². The van der Waals surface area contributed by atoms with Gasteiger partial charge in [0.25, 0.3) is 0 Å². The van der Waals surface area contributed by atoms with Gasteiger partial charge in [0.1, 0.15) is 24.4 Å². The Morgan fingerprint density at radius 2 is 1.52 bits per heavy atom. The molecule has 0 spiro atoms. The summed E-state index contributed by atoms with van der Waals surface area (Å²) in [4.78, 5) is 0. The molecule has 0 radical (unpaired) electrons. The second-order valence-electron chi connectivity index (χ2n) is 6.30. The van der Waals surface area contributed by atoms with Gasteiger partial charge in [-0.3, -0.25) is 0 Å². The SMILES string of the molecule is CC1OC(CO)C(O)C(OC2OC(CO)C(C)C(O)C2O)C1N. The first-order valence-corrected chi connectivity index (χ1v) is 7.79. The highest BCUT2D eigenvalue weighted by Crippen LogP contribution is 2.30. The first-order valence-electron chi connectivity index (χ1n) is 7.79. The average Bonchev–Trinajstić information content (AvgIpc) is 2.54. The van der Waals surface area contributed by atoms with Gasteiger partial charge in [0.05, 0.1) is 37.6 Å². The fraction of sp³-hybridized carbons (Fsp3) is 1.00. The van der Waals surface area contributed by atoms with Gasteiger partial charge < -0.3 is 45.5 Å². The van der Waals surface area contributed by atoms with Gasteiger partial charge in [-0.2, -0.15) is 0 Å². The van der Waals surface area contributed by atoms with Crippen LogP contribution >= 0.6 is 0 Å². The molecule has 10 unspecified atom stereocenters. The summed E-state index contributed by atoms with van der Waals surface area (Å²) < 4.78 is 16.5. The monoisotopic (exact) mass is 337 g/mol. The van der Waals surface area contributed by atoms with Crippen LogP contribution in [0.25, 0.3) is 0 Å². The number of rotatable bonds is 4. The van der Waals surface area contributed by atoms with Gasteiger partial charge in [0.2, 0.25) is 0 Å². The Morgan fingerprint density at radius 1 is 0.913 bits per heavy atom. The van der Waals surface area contributed by atoms with Gasteiger partial charge in [0.15, 0.2) is 6.29 Å². The van der Waals surface area contributed by atoms with Crippen molar-refractivity contribution < 1.29 is 39.7 Å². The number of ether oxygens (including phenoxy) is 3. The van der Waals surface area contributed by atoms with Crippen molar-refractivity contribution in [3.63, 3.8) is 0 Å². The second-order valence-corrected chi connectivity index (χ2v) is 6.30. The van der Waals surface area contributed by atoms with E-state index in [-0.39, 0.29) is 6.61 Å². The van der Waals surface area contributed by atoms with Crippen molar-refractivity contribution in [2.75, 3.05) is 13.2 Å². The van der Waals surface area contributed by atoms with E-state index in [0.29, 0.717) is 0 Å².